The van der Waals surface area contributed by atoms with E-state index in [0.717, 1.165) is 31.5 Å². The Kier molecular flexibility index (Phi) is 4.60. The van der Waals surface area contributed by atoms with Gasteiger partial charge in [0.1, 0.15) is 5.82 Å². The molecule has 1 aliphatic rings. The molecule has 1 saturated heterocycles. The average molecular weight is 279 g/mol. The van der Waals surface area contributed by atoms with Crippen LogP contribution in [0.5, 0.6) is 0 Å². The third-order valence-electron chi connectivity index (χ3n) is 3.65. The van der Waals surface area contributed by atoms with Crippen LogP contribution < -0.4 is 16.0 Å². The lowest BCUT2D eigenvalue weighted by molar-refractivity contribution is 0.222. The van der Waals surface area contributed by atoms with Crippen molar-refractivity contribution in [1.29, 1.82) is 0 Å². The number of urea groups is 1. The standard InChI is InChI=1S/C15H22FN3O/c1-15(2,11-4-3-5-12(16)10-11)19-14(20)18-13-6-8-17-9-7-13/h3-5,10,13,17H,6-9H2,1-2H3,(H2,18,19,20). The minimum absolute atomic E-state index is 0.203. The topological polar surface area (TPSA) is 53.2 Å². The molecule has 0 aliphatic carbocycles. The molecule has 1 fully saturated rings. The number of carbonyl (C=O) groups excluding carboxylic acids is 1. The molecule has 0 spiro atoms. The quantitative estimate of drug-likeness (QED) is 0.794. The van der Waals surface area contributed by atoms with Gasteiger partial charge in [0.25, 0.3) is 0 Å². The van der Waals surface area contributed by atoms with Crippen LogP contribution in [0, 0.1) is 5.82 Å². The summed E-state index contributed by atoms with van der Waals surface area (Å²) in [6.45, 7) is 5.59. The monoisotopic (exact) mass is 279 g/mol. The van der Waals surface area contributed by atoms with Gasteiger partial charge in [-0.2, -0.15) is 0 Å². The number of rotatable bonds is 3. The molecule has 0 bridgehead atoms. The van der Waals surface area contributed by atoms with E-state index in [1.54, 1.807) is 6.07 Å². The second-order valence-corrected chi connectivity index (χ2v) is 5.76. The Hall–Kier alpha value is -1.62. The van der Waals surface area contributed by atoms with Gasteiger partial charge in [-0.15, -0.1) is 0 Å². The van der Waals surface area contributed by atoms with Crippen LogP contribution in [0.1, 0.15) is 32.3 Å². The predicted octanol–water partition coefficient (Wildman–Crippen LogP) is 2.11. The zero-order valence-electron chi connectivity index (χ0n) is 12.0. The fourth-order valence-corrected chi connectivity index (χ4v) is 2.42. The number of piperidine rings is 1. The molecule has 0 radical (unpaired) electrons. The molecular weight excluding hydrogens is 257 g/mol. The highest BCUT2D eigenvalue weighted by Crippen LogP contribution is 2.20. The number of carbonyl (C=O) groups is 1. The van der Waals surface area contributed by atoms with Gasteiger partial charge in [-0.25, -0.2) is 9.18 Å². The maximum atomic E-state index is 13.3. The van der Waals surface area contributed by atoms with Crippen LogP contribution in [0.3, 0.4) is 0 Å². The van der Waals surface area contributed by atoms with Gasteiger partial charge in [-0.3, -0.25) is 0 Å². The van der Waals surface area contributed by atoms with E-state index in [2.05, 4.69) is 16.0 Å². The first-order valence-electron chi connectivity index (χ1n) is 7.03. The molecule has 0 saturated carbocycles. The maximum absolute atomic E-state index is 13.3. The van der Waals surface area contributed by atoms with Crippen LogP contribution in [-0.4, -0.2) is 25.2 Å². The summed E-state index contributed by atoms with van der Waals surface area (Å²) in [5.74, 6) is -0.295. The first-order chi connectivity index (χ1) is 9.47. The van der Waals surface area contributed by atoms with Crippen molar-refractivity contribution in [2.24, 2.45) is 0 Å². The van der Waals surface area contributed by atoms with Crippen molar-refractivity contribution in [1.82, 2.24) is 16.0 Å². The second-order valence-electron chi connectivity index (χ2n) is 5.76. The highest BCUT2D eigenvalue weighted by molar-refractivity contribution is 5.75. The Morgan fingerprint density at radius 2 is 2.05 bits per heavy atom. The minimum Gasteiger partial charge on any atom is -0.335 e. The molecule has 1 aromatic carbocycles. The molecule has 1 heterocycles. The zero-order chi connectivity index (χ0) is 14.6. The molecule has 2 amide bonds. The first-order valence-corrected chi connectivity index (χ1v) is 7.03. The summed E-state index contributed by atoms with van der Waals surface area (Å²) in [6.07, 6.45) is 1.88. The van der Waals surface area contributed by atoms with Gasteiger partial charge in [0.2, 0.25) is 0 Å². The Labute approximate surface area is 119 Å². The Bertz CT molecular complexity index is 470. The lowest BCUT2D eigenvalue weighted by Crippen LogP contribution is -2.51. The average Bonchev–Trinajstić information content (AvgIpc) is 2.39. The van der Waals surface area contributed by atoms with Crippen LogP contribution >= 0.6 is 0 Å². The van der Waals surface area contributed by atoms with Crippen molar-refractivity contribution >= 4 is 6.03 Å². The van der Waals surface area contributed by atoms with Crippen molar-refractivity contribution in [2.45, 2.75) is 38.3 Å². The van der Waals surface area contributed by atoms with Gasteiger partial charge in [0.15, 0.2) is 0 Å². The summed E-state index contributed by atoms with van der Waals surface area (Å²) in [6, 6.07) is 6.32. The number of hydrogen-bond acceptors (Lipinski definition) is 2. The van der Waals surface area contributed by atoms with E-state index in [4.69, 9.17) is 0 Å². The third kappa shape index (κ3) is 3.93. The van der Waals surface area contributed by atoms with E-state index in [1.807, 2.05) is 19.9 Å². The molecule has 0 aromatic heterocycles. The van der Waals surface area contributed by atoms with E-state index >= 15 is 0 Å². The van der Waals surface area contributed by atoms with Crippen molar-refractivity contribution in [3.63, 3.8) is 0 Å². The lowest BCUT2D eigenvalue weighted by atomic mass is 9.94. The molecule has 5 heteroatoms. The number of hydrogen-bond donors (Lipinski definition) is 3. The molecule has 4 nitrogen and oxygen atoms in total. The van der Waals surface area contributed by atoms with Crippen LogP contribution in [0.15, 0.2) is 24.3 Å². The van der Waals surface area contributed by atoms with Crippen molar-refractivity contribution in [2.75, 3.05) is 13.1 Å². The molecule has 0 atom stereocenters. The Balaban J connectivity index is 1.94. The number of benzene rings is 1. The van der Waals surface area contributed by atoms with E-state index in [1.165, 1.54) is 12.1 Å². The van der Waals surface area contributed by atoms with Crippen LogP contribution in [0.2, 0.25) is 0 Å². The van der Waals surface area contributed by atoms with Gasteiger partial charge < -0.3 is 16.0 Å². The smallest absolute Gasteiger partial charge is 0.315 e. The summed E-state index contributed by atoms with van der Waals surface area (Å²) >= 11 is 0. The third-order valence-corrected chi connectivity index (χ3v) is 3.65. The largest absolute Gasteiger partial charge is 0.335 e. The highest BCUT2D eigenvalue weighted by Gasteiger charge is 2.24. The second kappa shape index (κ2) is 6.22. The summed E-state index contributed by atoms with van der Waals surface area (Å²) in [5, 5.41) is 9.14. The summed E-state index contributed by atoms with van der Waals surface area (Å²) < 4.78 is 13.3. The normalized spacial score (nSPS) is 16.8. The van der Waals surface area contributed by atoms with Gasteiger partial charge in [-0.05, 0) is 57.5 Å². The van der Waals surface area contributed by atoms with Crippen LogP contribution in [-0.2, 0) is 5.54 Å². The Morgan fingerprint density at radius 3 is 2.70 bits per heavy atom. The van der Waals surface area contributed by atoms with Crippen LogP contribution in [0.4, 0.5) is 9.18 Å². The minimum atomic E-state index is -0.612. The van der Waals surface area contributed by atoms with Gasteiger partial charge >= 0.3 is 6.03 Å². The predicted molar refractivity (Wildman–Crippen MR) is 77.0 cm³/mol. The van der Waals surface area contributed by atoms with Crippen molar-refractivity contribution in [3.05, 3.63) is 35.6 Å². The molecular formula is C15H22FN3O. The van der Waals surface area contributed by atoms with E-state index in [-0.39, 0.29) is 17.9 Å². The van der Waals surface area contributed by atoms with Gasteiger partial charge in [0, 0.05) is 6.04 Å². The van der Waals surface area contributed by atoms with Crippen molar-refractivity contribution in [3.8, 4) is 0 Å². The van der Waals surface area contributed by atoms with E-state index in [9.17, 15) is 9.18 Å². The molecule has 2 rings (SSSR count). The van der Waals surface area contributed by atoms with E-state index in [0.29, 0.717) is 0 Å². The maximum Gasteiger partial charge on any atom is 0.315 e. The number of amides is 2. The van der Waals surface area contributed by atoms with Crippen molar-refractivity contribution < 1.29 is 9.18 Å². The Morgan fingerprint density at radius 1 is 1.35 bits per heavy atom. The molecule has 110 valence electrons. The molecule has 0 unspecified atom stereocenters. The highest BCUT2D eigenvalue weighted by atomic mass is 19.1. The molecule has 3 N–H and O–H groups in total. The summed E-state index contributed by atoms with van der Waals surface area (Å²) in [7, 11) is 0. The summed E-state index contributed by atoms with van der Waals surface area (Å²) in [5.41, 5.74) is 0.136. The molecule has 1 aromatic rings. The van der Waals surface area contributed by atoms with Crippen LogP contribution in [0.25, 0.3) is 0 Å². The molecule has 20 heavy (non-hydrogen) atoms. The van der Waals surface area contributed by atoms with Gasteiger partial charge in [0.05, 0.1) is 5.54 Å². The van der Waals surface area contributed by atoms with E-state index < -0.39 is 5.54 Å². The lowest BCUT2D eigenvalue weighted by Gasteiger charge is -2.30. The zero-order valence-corrected chi connectivity index (χ0v) is 12.0. The first kappa shape index (κ1) is 14.8. The number of nitrogens with one attached hydrogen (secondary N) is 3. The molecule has 1 aliphatic heterocycles. The summed E-state index contributed by atoms with van der Waals surface area (Å²) in [4.78, 5) is 12.0. The fraction of sp³-hybridized carbons (Fsp3) is 0.533. The van der Waals surface area contributed by atoms with Gasteiger partial charge in [-0.1, -0.05) is 12.1 Å². The fourth-order valence-electron chi connectivity index (χ4n) is 2.42. The SMILES string of the molecule is CC(C)(NC(=O)NC1CCNCC1)c1cccc(F)c1. The number of halogens is 1.